The molecular weight excluding hydrogens is 268 g/mol. The Bertz CT molecular complexity index is 667. The second-order valence-corrected chi connectivity index (χ2v) is 3.86. The van der Waals surface area contributed by atoms with Crippen LogP contribution in [-0.4, -0.2) is 38.1 Å². The minimum absolute atomic E-state index is 0.0839. The number of nitro benzene ring substituents is 1. The van der Waals surface area contributed by atoms with Gasteiger partial charge < -0.3 is 9.84 Å². The lowest BCUT2D eigenvalue weighted by molar-refractivity contribution is -0.384. The molecule has 0 unspecified atom stereocenters. The second kappa shape index (κ2) is 5.34. The predicted molar refractivity (Wildman–Crippen MR) is 65.7 cm³/mol. The molecule has 0 aliphatic heterocycles. The van der Waals surface area contributed by atoms with E-state index in [1.807, 2.05) is 0 Å². The molecule has 1 aromatic heterocycles. The summed E-state index contributed by atoms with van der Waals surface area (Å²) in [6.07, 6.45) is 1.24. The van der Waals surface area contributed by atoms with Crippen molar-refractivity contribution in [2.24, 2.45) is 0 Å². The largest absolute Gasteiger partial charge is 0.496 e. The van der Waals surface area contributed by atoms with Crippen molar-refractivity contribution >= 4 is 11.7 Å². The van der Waals surface area contributed by atoms with Crippen molar-refractivity contribution in [2.75, 3.05) is 7.11 Å². The number of aromatic carboxylic acids is 1. The van der Waals surface area contributed by atoms with Gasteiger partial charge in [0.25, 0.3) is 5.69 Å². The summed E-state index contributed by atoms with van der Waals surface area (Å²) in [5.74, 6) is -0.745. The number of carboxylic acids is 1. The maximum Gasteiger partial charge on any atom is 0.358 e. The van der Waals surface area contributed by atoms with Crippen molar-refractivity contribution in [1.29, 1.82) is 0 Å². The summed E-state index contributed by atoms with van der Waals surface area (Å²) in [7, 11) is 1.44. The summed E-state index contributed by atoms with van der Waals surface area (Å²) in [5.41, 5.74) is 0.220. The zero-order valence-corrected chi connectivity index (χ0v) is 10.4. The van der Waals surface area contributed by atoms with Crippen LogP contribution >= 0.6 is 0 Å². The van der Waals surface area contributed by atoms with Gasteiger partial charge in [0.15, 0.2) is 5.69 Å². The molecule has 9 heteroatoms. The highest BCUT2D eigenvalue weighted by molar-refractivity contribution is 5.84. The normalized spacial score (nSPS) is 10.2. The lowest BCUT2D eigenvalue weighted by Crippen LogP contribution is -2.03. The monoisotopic (exact) mass is 278 g/mol. The van der Waals surface area contributed by atoms with Crippen LogP contribution in [0.3, 0.4) is 0 Å². The third kappa shape index (κ3) is 2.71. The molecule has 0 aliphatic rings. The Morgan fingerprint density at radius 1 is 1.55 bits per heavy atom. The molecule has 1 aromatic carbocycles. The Balaban J connectivity index is 2.32. The summed E-state index contributed by atoms with van der Waals surface area (Å²) in [5, 5.41) is 26.6. The lowest BCUT2D eigenvalue weighted by Gasteiger charge is -2.07. The Morgan fingerprint density at radius 3 is 2.85 bits per heavy atom. The zero-order chi connectivity index (χ0) is 14.7. The van der Waals surface area contributed by atoms with E-state index in [2.05, 4.69) is 10.3 Å². The van der Waals surface area contributed by atoms with E-state index in [1.54, 1.807) is 0 Å². The Kier molecular flexibility index (Phi) is 3.60. The first-order chi connectivity index (χ1) is 9.51. The standard InChI is InChI=1S/C11H10N4O5/c1-20-10-3-2-8(15(18)19)4-7(10)5-14-6-9(11(16)17)12-13-14/h2-4,6H,5H2,1H3,(H,16,17). The highest BCUT2D eigenvalue weighted by atomic mass is 16.6. The number of nitro groups is 1. The van der Waals surface area contributed by atoms with E-state index in [9.17, 15) is 14.9 Å². The van der Waals surface area contributed by atoms with Crippen LogP contribution in [0.5, 0.6) is 5.75 Å². The van der Waals surface area contributed by atoms with Crippen molar-refractivity contribution in [3.8, 4) is 5.75 Å². The Hall–Kier alpha value is -2.97. The number of aromatic nitrogens is 3. The maximum atomic E-state index is 10.8. The second-order valence-electron chi connectivity index (χ2n) is 3.86. The third-order valence-electron chi connectivity index (χ3n) is 2.56. The molecule has 2 aromatic rings. The number of hydrogen-bond donors (Lipinski definition) is 1. The third-order valence-corrected chi connectivity index (χ3v) is 2.56. The number of non-ortho nitro benzene ring substituents is 1. The molecule has 0 amide bonds. The van der Waals surface area contributed by atoms with E-state index in [0.717, 1.165) is 0 Å². The predicted octanol–water partition coefficient (Wildman–Crippen LogP) is 0.941. The molecule has 0 fully saturated rings. The average Bonchev–Trinajstić information content (AvgIpc) is 2.87. The number of nitrogens with zero attached hydrogens (tertiary/aromatic N) is 4. The van der Waals surface area contributed by atoms with E-state index in [1.165, 1.54) is 36.2 Å². The first-order valence-electron chi connectivity index (χ1n) is 5.46. The fourth-order valence-corrected chi connectivity index (χ4v) is 1.65. The molecule has 0 spiro atoms. The highest BCUT2D eigenvalue weighted by Gasteiger charge is 2.14. The van der Waals surface area contributed by atoms with Gasteiger partial charge in [-0.05, 0) is 6.07 Å². The molecule has 0 saturated carbocycles. The minimum atomic E-state index is -1.19. The lowest BCUT2D eigenvalue weighted by atomic mass is 10.2. The fraction of sp³-hybridized carbons (Fsp3) is 0.182. The van der Waals surface area contributed by atoms with Crippen molar-refractivity contribution in [3.63, 3.8) is 0 Å². The van der Waals surface area contributed by atoms with Gasteiger partial charge in [0.2, 0.25) is 0 Å². The van der Waals surface area contributed by atoms with Crippen molar-refractivity contribution < 1.29 is 19.6 Å². The molecule has 0 aliphatic carbocycles. The smallest absolute Gasteiger partial charge is 0.358 e. The molecule has 0 saturated heterocycles. The zero-order valence-electron chi connectivity index (χ0n) is 10.4. The molecule has 0 radical (unpaired) electrons. The van der Waals surface area contributed by atoms with Gasteiger partial charge in [-0.3, -0.25) is 10.1 Å². The van der Waals surface area contributed by atoms with Gasteiger partial charge in [-0.1, -0.05) is 5.21 Å². The fourth-order valence-electron chi connectivity index (χ4n) is 1.65. The minimum Gasteiger partial charge on any atom is -0.496 e. The number of benzene rings is 1. The summed E-state index contributed by atoms with van der Waals surface area (Å²) in [4.78, 5) is 20.9. The number of carboxylic acid groups (broad SMARTS) is 1. The molecular formula is C11H10N4O5. The van der Waals surface area contributed by atoms with Crippen LogP contribution in [-0.2, 0) is 6.54 Å². The molecule has 1 N–H and O–H groups in total. The number of methoxy groups -OCH3 is 1. The summed E-state index contributed by atoms with van der Waals surface area (Å²) >= 11 is 0. The topological polar surface area (TPSA) is 120 Å². The summed E-state index contributed by atoms with van der Waals surface area (Å²) in [6, 6.07) is 4.15. The van der Waals surface area contributed by atoms with Crippen molar-refractivity contribution in [3.05, 3.63) is 45.8 Å². The number of ether oxygens (including phenoxy) is 1. The van der Waals surface area contributed by atoms with Crippen LogP contribution in [0.4, 0.5) is 5.69 Å². The van der Waals surface area contributed by atoms with Crippen LogP contribution < -0.4 is 4.74 Å². The van der Waals surface area contributed by atoms with Gasteiger partial charge in [-0.25, -0.2) is 9.48 Å². The van der Waals surface area contributed by atoms with Gasteiger partial charge in [0.1, 0.15) is 5.75 Å². The van der Waals surface area contributed by atoms with Crippen molar-refractivity contribution in [2.45, 2.75) is 6.54 Å². The molecule has 1 heterocycles. The van der Waals surface area contributed by atoms with E-state index in [-0.39, 0.29) is 17.9 Å². The molecule has 20 heavy (non-hydrogen) atoms. The molecule has 2 rings (SSSR count). The van der Waals surface area contributed by atoms with Gasteiger partial charge in [0.05, 0.1) is 24.8 Å². The Morgan fingerprint density at radius 2 is 2.30 bits per heavy atom. The van der Waals surface area contributed by atoms with Gasteiger partial charge in [-0.15, -0.1) is 5.10 Å². The Labute approximate surface area is 112 Å². The van der Waals surface area contributed by atoms with E-state index >= 15 is 0 Å². The number of hydrogen-bond acceptors (Lipinski definition) is 6. The molecule has 9 nitrogen and oxygen atoms in total. The summed E-state index contributed by atoms with van der Waals surface area (Å²) < 4.78 is 6.37. The van der Waals surface area contributed by atoms with Gasteiger partial charge >= 0.3 is 5.97 Å². The molecule has 0 atom stereocenters. The SMILES string of the molecule is COc1ccc([N+](=O)[O-])cc1Cn1cc(C(=O)O)nn1. The van der Waals surface area contributed by atoms with Crippen LogP contribution in [0.2, 0.25) is 0 Å². The van der Waals surface area contributed by atoms with Crippen LogP contribution in [0.25, 0.3) is 0 Å². The van der Waals surface area contributed by atoms with Gasteiger partial charge in [0, 0.05) is 17.7 Å². The first kappa shape index (κ1) is 13.5. The number of rotatable bonds is 5. The maximum absolute atomic E-state index is 10.8. The summed E-state index contributed by atoms with van der Waals surface area (Å²) in [6.45, 7) is 0.116. The first-order valence-corrected chi connectivity index (χ1v) is 5.46. The van der Waals surface area contributed by atoms with E-state index in [0.29, 0.717) is 11.3 Å². The van der Waals surface area contributed by atoms with E-state index < -0.39 is 10.9 Å². The number of carbonyl (C=O) groups is 1. The van der Waals surface area contributed by atoms with E-state index in [4.69, 9.17) is 9.84 Å². The van der Waals surface area contributed by atoms with Crippen LogP contribution in [0.1, 0.15) is 16.1 Å². The quantitative estimate of drug-likeness (QED) is 0.638. The average molecular weight is 278 g/mol. The molecule has 104 valence electrons. The van der Waals surface area contributed by atoms with Crippen LogP contribution in [0.15, 0.2) is 24.4 Å². The van der Waals surface area contributed by atoms with Crippen LogP contribution in [0, 0.1) is 10.1 Å². The van der Waals surface area contributed by atoms with Crippen molar-refractivity contribution in [1.82, 2.24) is 15.0 Å². The molecule has 0 bridgehead atoms. The van der Waals surface area contributed by atoms with Gasteiger partial charge in [-0.2, -0.15) is 0 Å². The highest BCUT2D eigenvalue weighted by Crippen LogP contribution is 2.24.